The van der Waals surface area contributed by atoms with Gasteiger partial charge in [-0.2, -0.15) is 0 Å². The first-order valence-corrected chi connectivity index (χ1v) is 9.78. The standard InChI is InChI=1S/C22H31N3OS/c1-16-7-6-8-17(2)21(16)26-15-18(3)25(5)14-13-19-9-11-20(12-10-19)24-22(27)23-4/h6-12,18H,13-15H2,1-5H3,(H2,23,24,27). The van der Waals surface area contributed by atoms with Crippen LogP contribution in [0.4, 0.5) is 5.69 Å². The second-order valence-corrected chi connectivity index (χ2v) is 7.42. The van der Waals surface area contributed by atoms with Crippen LogP contribution >= 0.6 is 12.2 Å². The largest absolute Gasteiger partial charge is 0.491 e. The normalized spacial score (nSPS) is 11.9. The lowest BCUT2D eigenvalue weighted by Crippen LogP contribution is -2.35. The van der Waals surface area contributed by atoms with Crippen molar-refractivity contribution in [3.63, 3.8) is 0 Å². The molecule has 4 nitrogen and oxygen atoms in total. The molecular formula is C22H31N3OS. The van der Waals surface area contributed by atoms with Gasteiger partial charge in [0.1, 0.15) is 12.4 Å². The van der Waals surface area contributed by atoms with E-state index in [1.165, 1.54) is 16.7 Å². The molecule has 0 bridgehead atoms. The Bertz CT molecular complexity index is 725. The van der Waals surface area contributed by atoms with Crippen molar-refractivity contribution in [2.75, 3.05) is 32.6 Å². The molecular weight excluding hydrogens is 354 g/mol. The van der Waals surface area contributed by atoms with E-state index in [-0.39, 0.29) is 0 Å². The van der Waals surface area contributed by atoms with Gasteiger partial charge in [0.15, 0.2) is 5.11 Å². The molecule has 0 radical (unpaired) electrons. The van der Waals surface area contributed by atoms with Crippen LogP contribution in [0.3, 0.4) is 0 Å². The van der Waals surface area contributed by atoms with E-state index in [0.717, 1.165) is 24.4 Å². The van der Waals surface area contributed by atoms with Crippen LogP contribution in [0, 0.1) is 13.8 Å². The zero-order chi connectivity index (χ0) is 19.8. The van der Waals surface area contributed by atoms with Crippen molar-refractivity contribution in [2.24, 2.45) is 0 Å². The van der Waals surface area contributed by atoms with Gasteiger partial charge in [0.05, 0.1) is 0 Å². The number of rotatable bonds is 8. The van der Waals surface area contributed by atoms with Gasteiger partial charge in [-0.1, -0.05) is 30.3 Å². The molecule has 0 aromatic heterocycles. The number of anilines is 1. The van der Waals surface area contributed by atoms with Gasteiger partial charge in [-0.05, 0) is 75.3 Å². The summed E-state index contributed by atoms with van der Waals surface area (Å²) < 4.78 is 6.10. The summed E-state index contributed by atoms with van der Waals surface area (Å²) in [4.78, 5) is 2.34. The Morgan fingerprint density at radius 1 is 1.11 bits per heavy atom. The van der Waals surface area contributed by atoms with Crippen molar-refractivity contribution in [3.8, 4) is 5.75 Å². The second-order valence-electron chi connectivity index (χ2n) is 7.01. The third-order valence-electron chi connectivity index (χ3n) is 4.82. The predicted octanol–water partition coefficient (Wildman–Crippen LogP) is 4.16. The lowest BCUT2D eigenvalue weighted by atomic mass is 10.1. The summed E-state index contributed by atoms with van der Waals surface area (Å²) >= 11 is 5.12. The summed E-state index contributed by atoms with van der Waals surface area (Å²) in [6.45, 7) is 8.07. The van der Waals surface area contributed by atoms with E-state index in [4.69, 9.17) is 17.0 Å². The van der Waals surface area contributed by atoms with E-state index in [0.29, 0.717) is 17.8 Å². The highest BCUT2D eigenvalue weighted by atomic mass is 32.1. The minimum Gasteiger partial charge on any atom is -0.491 e. The predicted molar refractivity (Wildman–Crippen MR) is 119 cm³/mol. The Balaban J connectivity index is 1.80. The second kappa shape index (κ2) is 10.3. The number of nitrogens with one attached hydrogen (secondary N) is 2. The number of benzene rings is 2. The lowest BCUT2D eigenvalue weighted by molar-refractivity contribution is 0.173. The Morgan fingerprint density at radius 3 is 2.33 bits per heavy atom. The molecule has 0 aliphatic carbocycles. The molecule has 0 spiro atoms. The maximum absolute atomic E-state index is 6.10. The topological polar surface area (TPSA) is 36.5 Å². The number of likely N-dealkylation sites (N-methyl/N-ethyl adjacent to an activating group) is 1. The molecule has 146 valence electrons. The fourth-order valence-electron chi connectivity index (χ4n) is 2.83. The molecule has 0 fully saturated rings. The summed E-state index contributed by atoms with van der Waals surface area (Å²) in [5, 5.41) is 6.67. The van der Waals surface area contributed by atoms with Crippen LogP contribution in [-0.4, -0.2) is 43.3 Å². The van der Waals surface area contributed by atoms with Crippen molar-refractivity contribution < 1.29 is 4.74 Å². The SMILES string of the molecule is CNC(=S)Nc1ccc(CCN(C)C(C)COc2c(C)cccc2C)cc1. The molecule has 27 heavy (non-hydrogen) atoms. The van der Waals surface area contributed by atoms with Crippen molar-refractivity contribution in [2.45, 2.75) is 33.2 Å². The van der Waals surface area contributed by atoms with E-state index in [9.17, 15) is 0 Å². The van der Waals surface area contributed by atoms with Gasteiger partial charge >= 0.3 is 0 Å². The van der Waals surface area contributed by atoms with Gasteiger partial charge in [-0.15, -0.1) is 0 Å². The fraction of sp³-hybridized carbons (Fsp3) is 0.409. The Kier molecular flexibility index (Phi) is 8.07. The lowest BCUT2D eigenvalue weighted by Gasteiger charge is -2.25. The number of hydrogen-bond donors (Lipinski definition) is 2. The molecule has 2 rings (SSSR count). The first kappa shape index (κ1) is 21.2. The summed E-state index contributed by atoms with van der Waals surface area (Å²) in [6, 6.07) is 15.0. The third-order valence-corrected chi connectivity index (χ3v) is 5.13. The molecule has 0 saturated heterocycles. The van der Waals surface area contributed by atoms with E-state index in [2.05, 4.69) is 85.8 Å². The van der Waals surface area contributed by atoms with Gasteiger partial charge in [-0.25, -0.2) is 0 Å². The quantitative estimate of drug-likeness (QED) is 0.667. The summed E-state index contributed by atoms with van der Waals surface area (Å²) in [5.41, 5.74) is 4.69. The van der Waals surface area contributed by atoms with E-state index in [1.807, 2.05) is 7.05 Å². The smallest absolute Gasteiger partial charge is 0.170 e. The summed E-state index contributed by atoms with van der Waals surface area (Å²) in [7, 11) is 3.96. The number of thiocarbonyl (C=S) groups is 1. The zero-order valence-corrected chi connectivity index (χ0v) is 17.8. The highest BCUT2D eigenvalue weighted by Gasteiger charge is 2.12. The van der Waals surface area contributed by atoms with Gasteiger partial charge in [0.2, 0.25) is 0 Å². The maximum Gasteiger partial charge on any atom is 0.170 e. The van der Waals surface area contributed by atoms with Crippen LogP contribution < -0.4 is 15.4 Å². The van der Waals surface area contributed by atoms with Crippen molar-refractivity contribution in [1.29, 1.82) is 0 Å². The maximum atomic E-state index is 6.10. The van der Waals surface area contributed by atoms with Crippen molar-refractivity contribution in [3.05, 3.63) is 59.2 Å². The molecule has 1 atom stereocenters. The van der Waals surface area contributed by atoms with Gasteiger partial charge in [0, 0.05) is 25.3 Å². The first-order chi connectivity index (χ1) is 12.9. The number of aryl methyl sites for hydroxylation is 2. The number of nitrogens with zero attached hydrogens (tertiary/aromatic N) is 1. The minimum absolute atomic E-state index is 0.345. The van der Waals surface area contributed by atoms with E-state index < -0.39 is 0 Å². The molecule has 1 unspecified atom stereocenters. The molecule has 0 heterocycles. The molecule has 0 aliphatic heterocycles. The third kappa shape index (κ3) is 6.52. The first-order valence-electron chi connectivity index (χ1n) is 9.37. The summed E-state index contributed by atoms with van der Waals surface area (Å²) in [5.74, 6) is 1.01. The Labute approximate surface area is 168 Å². The van der Waals surface area contributed by atoms with Gasteiger partial charge < -0.3 is 15.4 Å². The van der Waals surface area contributed by atoms with Crippen LogP contribution in [0.1, 0.15) is 23.6 Å². The molecule has 0 saturated carbocycles. The highest BCUT2D eigenvalue weighted by Crippen LogP contribution is 2.22. The number of para-hydroxylation sites is 1. The average Bonchev–Trinajstić information content (AvgIpc) is 2.66. The van der Waals surface area contributed by atoms with E-state index >= 15 is 0 Å². The van der Waals surface area contributed by atoms with Crippen LogP contribution in [0.25, 0.3) is 0 Å². The average molecular weight is 386 g/mol. The Morgan fingerprint density at radius 2 is 1.74 bits per heavy atom. The minimum atomic E-state index is 0.345. The fourth-order valence-corrected chi connectivity index (χ4v) is 2.95. The molecule has 2 aromatic rings. The van der Waals surface area contributed by atoms with Crippen LogP contribution in [0.5, 0.6) is 5.75 Å². The molecule has 5 heteroatoms. The van der Waals surface area contributed by atoms with Gasteiger partial charge in [-0.3, -0.25) is 4.90 Å². The monoisotopic (exact) mass is 385 g/mol. The zero-order valence-electron chi connectivity index (χ0n) is 17.0. The van der Waals surface area contributed by atoms with Crippen LogP contribution in [-0.2, 0) is 6.42 Å². The molecule has 2 N–H and O–H groups in total. The number of ether oxygens (including phenoxy) is 1. The van der Waals surface area contributed by atoms with Gasteiger partial charge in [0.25, 0.3) is 0 Å². The van der Waals surface area contributed by atoms with Crippen LogP contribution in [0.2, 0.25) is 0 Å². The summed E-state index contributed by atoms with van der Waals surface area (Å²) in [6.07, 6.45) is 1.00. The molecule has 2 aromatic carbocycles. The molecule has 0 amide bonds. The highest BCUT2D eigenvalue weighted by molar-refractivity contribution is 7.80. The molecule has 0 aliphatic rings. The van der Waals surface area contributed by atoms with Crippen molar-refractivity contribution in [1.82, 2.24) is 10.2 Å². The van der Waals surface area contributed by atoms with Crippen LogP contribution in [0.15, 0.2) is 42.5 Å². The number of hydrogen-bond acceptors (Lipinski definition) is 3. The van der Waals surface area contributed by atoms with E-state index in [1.54, 1.807) is 0 Å². The Hall–Kier alpha value is -2.11. The van der Waals surface area contributed by atoms with Crippen molar-refractivity contribution >= 4 is 23.0 Å².